The van der Waals surface area contributed by atoms with Gasteiger partial charge in [-0.25, -0.2) is 0 Å². The Hall–Kier alpha value is 0.01000. The summed E-state index contributed by atoms with van der Waals surface area (Å²) in [6.07, 6.45) is 3.93. The van der Waals surface area contributed by atoms with Gasteiger partial charge in [0, 0.05) is 28.7 Å². The van der Waals surface area contributed by atoms with Crippen molar-refractivity contribution in [2.45, 2.75) is 25.8 Å². The summed E-state index contributed by atoms with van der Waals surface area (Å²) in [5, 5.41) is 5.04. The van der Waals surface area contributed by atoms with Crippen molar-refractivity contribution in [2.24, 2.45) is 5.41 Å². The molecule has 0 aliphatic carbocycles. The first-order chi connectivity index (χ1) is 9.19. The normalized spacial score (nSPS) is 21.9. The van der Waals surface area contributed by atoms with Crippen LogP contribution in [0.15, 0.2) is 18.2 Å². The van der Waals surface area contributed by atoms with Crippen LogP contribution in [0.25, 0.3) is 0 Å². The van der Waals surface area contributed by atoms with E-state index >= 15 is 0 Å². The number of nitrogens with zero attached hydrogens (tertiary/aromatic N) is 1. The van der Waals surface area contributed by atoms with Crippen LogP contribution in [0.2, 0.25) is 10.0 Å². The molecule has 2 aliphatic heterocycles. The van der Waals surface area contributed by atoms with Crippen molar-refractivity contribution in [1.82, 2.24) is 10.2 Å². The molecule has 1 aromatic rings. The summed E-state index contributed by atoms with van der Waals surface area (Å²) < 4.78 is 0. The van der Waals surface area contributed by atoms with E-state index in [1.165, 1.54) is 45.4 Å². The molecular weight excluding hydrogens is 315 g/mol. The van der Waals surface area contributed by atoms with Crippen molar-refractivity contribution >= 4 is 35.6 Å². The maximum Gasteiger partial charge on any atom is 0.0465 e. The molecule has 0 bridgehead atoms. The monoisotopic (exact) mass is 334 g/mol. The number of piperidine rings is 1. The number of halogens is 3. The summed E-state index contributed by atoms with van der Waals surface area (Å²) in [5.41, 5.74) is 1.62. The standard InChI is InChI=1S/C15H20Cl2N2.ClH/c16-13-2-1-3-14(17)12(13)10-19-9-6-15(11-19)4-7-18-8-5-15;/h1-3,18H,4-11H2;1H. The van der Waals surface area contributed by atoms with E-state index < -0.39 is 0 Å². The van der Waals surface area contributed by atoms with Crippen molar-refractivity contribution < 1.29 is 0 Å². The van der Waals surface area contributed by atoms with Crippen LogP contribution >= 0.6 is 35.6 Å². The van der Waals surface area contributed by atoms with Gasteiger partial charge >= 0.3 is 0 Å². The fourth-order valence-electron chi connectivity index (χ4n) is 3.43. The van der Waals surface area contributed by atoms with Gasteiger partial charge in [0.1, 0.15) is 0 Å². The second-order valence-corrected chi connectivity index (χ2v) is 6.73. The van der Waals surface area contributed by atoms with Crippen LogP contribution in [0.3, 0.4) is 0 Å². The average molecular weight is 336 g/mol. The molecule has 1 N–H and O–H groups in total. The van der Waals surface area contributed by atoms with E-state index in [0.717, 1.165) is 22.2 Å². The molecule has 5 heteroatoms. The SMILES string of the molecule is Cl.Clc1cccc(Cl)c1CN1CCC2(CCNCC2)C1. The zero-order chi connectivity index (χ0) is 13.3. The highest BCUT2D eigenvalue weighted by atomic mass is 35.5. The Morgan fingerprint density at radius 1 is 1.10 bits per heavy atom. The van der Waals surface area contributed by atoms with Crippen LogP contribution in [0.1, 0.15) is 24.8 Å². The van der Waals surface area contributed by atoms with Gasteiger partial charge in [0.25, 0.3) is 0 Å². The van der Waals surface area contributed by atoms with Gasteiger partial charge in [-0.3, -0.25) is 4.90 Å². The highest BCUT2D eigenvalue weighted by Gasteiger charge is 2.38. The summed E-state index contributed by atoms with van der Waals surface area (Å²) in [6, 6.07) is 5.77. The van der Waals surface area contributed by atoms with E-state index in [1.807, 2.05) is 18.2 Å². The summed E-state index contributed by atoms with van der Waals surface area (Å²) in [5.74, 6) is 0. The van der Waals surface area contributed by atoms with Crippen LogP contribution < -0.4 is 5.32 Å². The number of nitrogens with one attached hydrogen (secondary N) is 1. The summed E-state index contributed by atoms with van der Waals surface area (Å²) in [7, 11) is 0. The molecule has 0 amide bonds. The summed E-state index contributed by atoms with van der Waals surface area (Å²) in [6.45, 7) is 5.58. The zero-order valence-electron chi connectivity index (χ0n) is 11.5. The van der Waals surface area contributed by atoms with Crippen LogP contribution in [0.4, 0.5) is 0 Å². The Balaban J connectivity index is 0.00000147. The minimum absolute atomic E-state index is 0. The number of likely N-dealkylation sites (tertiary alicyclic amines) is 1. The van der Waals surface area contributed by atoms with Crippen molar-refractivity contribution in [2.75, 3.05) is 26.2 Å². The molecule has 20 heavy (non-hydrogen) atoms. The maximum absolute atomic E-state index is 6.26. The third-order valence-corrected chi connectivity index (χ3v) is 5.33. The second kappa shape index (κ2) is 6.85. The Morgan fingerprint density at radius 2 is 1.75 bits per heavy atom. The molecule has 0 radical (unpaired) electrons. The lowest BCUT2D eigenvalue weighted by Gasteiger charge is -2.34. The Bertz CT molecular complexity index is 438. The highest BCUT2D eigenvalue weighted by molar-refractivity contribution is 6.35. The van der Waals surface area contributed by atoms with E-state index in [0.29, 0.717) is 5.41 Å². The smallest absolute Gasteiger partial charge is 0.0465 e. The number of rotatable bonds is 2. The Labute approximate surface area is 137 Å². The van der Waals surface area contributed by atoms with Gasteiger partial charge < -0.3 is 5.32 Å². The molecule has 2 fully saturated rings. The molecule has 2 nitrogen and oxygen atoms in total. The molecule has 112 valence electrons. The zero-order valence-corrected chi connectivity index (χ0v) is 13.8. The quantitative estimate of drug-likeness (QED) is 0.879. The lowest BCUT2D eigenvalue weighted by Crippen LogP contribution is -2.38. The number of hydrogen-bond donors (Lipinski definition) is 1. The topological polar surface area (TPSA) is 15.3 Å². The molecule has 3 rings (SSSR count). The summed E-state index contributed by atoms with van der Waals surface area (Å²) >= 11 is 12.5. The van der Waals surface area contributed by atoms with Crippen LogP contribution in [0, 0.1) is 5.41 Å². The van der Waals surface area contributed by atoms with Gasteiger partial charge in [0.05, 0.1) is 0 Å². The van der Waals surface area contributed by atoms with Crippen molar-refractivity contribution in [3.63, 3.8) is 0 Å². The first kappa shape index (κ1) is 16.4. The number of hydrogen-bond acceptors (Lipinski definition) is 2. The average Bonchev–Trinajstić information content (AvgIpc) is 2.78. The second-order valence-electron chi connectivity index (χ2n) is 5.91. The highest BCUT2D eigenvalue weighted by Crippen LogP contribution is 2.39. The molecule has 1 spiro atoms. The molecule has 0 atom stereocenters. The molecule has 2 aliphatic rings. The lowest BCUT2D eigenvalue weighted by atomic mass is 9.78. The predicted molar refractivity (Wildman–Crippen MR) is 88.1 cm³/mol. The van der Waals surface area contributed by atoms with Gasteiger partial charge in [0.2, 0.25) is 0 Å². The molecule has 0 aromatic heterocycles. The Morgan fingerprint density at radius 3 is 2.40 bits per heavy atom. The van der Waals surface area contributed by atoms with Crippen molar-refractivity contribution in [3.8, 4) is 0 Å². The molecule has 0 saturated carbocycles. The van der Waals surface area contributed by atoms with Crippen LogP contribution in [0.5, 0.6) is 0 Å². The fraction of sp³-hybridized carbons (Fsp3) is 0.600. The first-order valence-corrected chi connectivity index (χ1v) is 7.80. The minimum Gasteiger partial charge on any atom is -0.317 e. The first-order valence-electron chi connectivity index (χ1n) is 7.05. The minimum atomic E-state index is 0. The van der Waals surface area contributed by atoms with Gasteiger partial charge in [-0.05, 0) is 56.4 Å². The van der Waals surface area contributed by atoms with E-state index in [1.54, 1.807) is 0 Å². The lowest BCUT2D eigenvalue weighted by molar-refractivity contribution is 0.194. The molecule has 0 unspecified atom stereocenters. The predicted octanol–water partition coefficient (Wildman–Crippen LogP) is 3.99. The van der Waals surface area contributed by atoms with E-state index in [9.17, 15) is 0 Å². The maximum atomic E-state index is 6.26. The number of benzene rings is 1. The Kier molecular flexibility index (Phi) is 5.61. The van der Waals surface area contributed by atoms with Crippen LogP contribution in [-0.4, -0.2) is 31.1 Å². The van der Waals surface area contributed by atoms with Crippen LogP contribution in [-0.2, 0) is 6.54 Å². The van der Waals surface area contributed by atoms with E-state index in [2.05, 4.69) is 10.2 Å². The van der Waals surface area contributed by atoms with Gasteiger partial charge in [-0.15, -0.1) is 12.4 Å². The molecule has 2 saturated heterocycles. The summed E-state index contributed by atoms with van der Waals surface area (Å²) in [4.78, 5) is 2.51. The fourth-order valence-corrected chi connectivity index (χ4v) is 3.95. The van der Waals surface area contributed by atoms with Gasteiger partial charge in [-0.2, -0.15) is 0 Å². The van der Waals surface area contributed by atoms with Gasteiger partial charge in [0.15, 0.2) is 0 Å². The molecule has 2 heterocycles. The van der Waals surface area contributed by atoms with Crippen molar-refractivity contribution in [1.29, 1.82) is 0 Å². The van der Waals surface area contributed by atoms with Gasteiger partial charge in [-0.1, -0.05) is 29.3 Å². The molecule has 1 aromatic carbocycles. The van der Waals surface area contributed by atoms with Crippen molar-refractivity contribution in [3.05, 3.63) is 33.8 Å². The third-order valence-electron chi connectivity index (χ3n) is 4.63. The van der Waals surface area contributed by atoms with E-state index in [-0.39, 0.29) is 12.4 Å². The largest absolute Gasteiger partial charge is 0.317 e. The van der Waals surface area contributed by atoms with E-state index in [4.69, 9.17) is 23.2 Å². The molecular formula is C15H21Cl3N2. The third kappa shape index (κ3) is 3.42.